The molecule has 2 saturated heterocycles. The van der Waals surface area contributed by atoms with Gasteiger partial charge in [-0.2, -0.15) is 0 Å². The van der Waals surface area contributed by atoms with E-state index in [1.807, 2.05) is 27.7 Å². The minimum Gasteiger partial charge on any atom is -0.466 e. The van der Waals surface area contributed by atoms with Crippen LogP contribution < -0.4 is 0 Å². The number of nitrogens with zero attached hydrogens (tertiary/aromatic N) is 2. The molecule has 2 aliphatic heterocycles. The second kappa shape index (κ2) is 10.6. The predicted molar refractivity (Wildman–Crippen MR) is 114 cm³/mol. The van der Waals surface area contributed by atoms with Gasteiger partial charge in [0.25, 0.3) is 0 Å². The van der Waals surface area contributed by atoms with Crippen LogP contribution in [0.25, 0.3) is 0 Å². The van der Waals surface area contributed by atoms with Crippen molar-refractivity contribution in [2.45, 2.75) is 90.1 Å². The molecule has 0 aromatic heterocycles. The number of esters is 2. The van der Waals surface area contributed by atoms with Crippen molar-refractivity contribution in [2.75, 3.05) is 32.9 Å². The number of carbonyl (C=O) groups is 2. The van der Waals surface area contributed by atoms with Gasteiger partial charge in [-0.3, -0.25) is 9.18 Å². The van der Waals surface area contributed by atoms with Gasteiger partial charge in [0.05, 0.1) is 31.3 Å². The van der Waals surface area contributed by atoms with Gasteiger partial charge < -0.3 is 14.2 Å². The van der Waals surface area contributed by atoms with E-state index in [1.54, 1.807) is 0 Å². The maximum absolute atomic E-state index is 13.1. The molecule has 3 rings (SSSR count). The Bertz CT molecular complexity index is 612. The van der Waals surface area contributed by atoms with E-state index in [0.717, 1.165) is 32.2 Å². The Morgan fingerprint density at radius 2 is 1.77 bits per heavy atom. The monoisotopic (exact) mass is 442 g/mol. The van der Waals surface area contributed by atoms with Crippen molar-refractivity contribution in [2.24, 2.45) is 11.8 Å². The van der Waals surface area contributed by atoms with Gasteiger partial charge in [-0.15, -0.1) is 0 Å². The topological polar surface area (TPSA) is 68.3 Å². The molecule has 0 bridgehead atoms. The summed E-state index contributed by atoms with van der Waals surface area (Å²) in [5.41, 5.74) is -0.597. The zero-order valence-corrected chi connectivity index (χ0v) is 19.5. The van der Waals surface area contributed by atoms with Gasteiger partial charge in [-0.1, -0.05) is 0 Å². The van der Waals surface area contributed by atoms with Crippen LogP contribution in [-0.4, -0.2) is 78.7 Å². The van der Waals surface area contributed by atoms with E-state index in [0.29, 0.717) is 32.5 Å². The van der Waals surface area contributed by atoms with E-state index in [-0.39, 0.29) is 42.6 Å². The molecule has 7 nitrogen and oxygen atoms in total. The normalized spacial score (nSPS) is 29.4. The molecule has 31 heavy (non-hydrogen) atoms. The summed E-state index contributed by atoms with van der Waals surface area (Å²) in [5.74, 6) is -0.465. The lowest BCUT2D eigenvalue weighted by Crippen LogP contribution is -2.61. The summed E-state index contributed by atoms with van der Waals surface area (Å²) < 4.78 is 30.2. The molecule has 0 radical (unpaired) electrons. The summed E-state index contributed by atoms with van der Waals surface area (Å²) in [6.45, 7) is 9.73. The summed E-state index contributed by atoms with van der Waals surface area (Å²) in [4.78, 5) is 25.2. The van der Waals surface area contributed by atoms with E-state index >= 15 is 0 Å². The van der Waals surface area contributed by atoms with Gasteiger partial charge in [0.1, 0.15) is 5.60 Å². The Labute approximate surface area is 185 Å². The van der Waals surface area contributed by atoms with Gasteiger partial charge in [0.15, 0.2) is 6.10 Å². The highest BCUT2D eigenvalue weighted by Gasteiger charge is 2.45. The van der Waals surface area contributed by atoms with Gasteiger partial charge in [0, 0.05) is 25.6 Å². The average molecular weight is 443 g/mol. The molecular weight excluding hydrogens is 403 g/mol. The van der Waals surface area contributed by atoms with Crippen LogP contribution in [0.4, 0.5) is 4.39 Å². The standard InChI is InChI=1S/C23H39FN2O5/c1-5-29-21(27)17-8-10-18(11-9-17)30-20(22(28)31-23(2,3)4)19-7-6-12-26(19)25-14-16(13-24)15-25/h16-20H,5-15H2,1-4H3/t17?,18?,19-,20?/m0/s1. The van der Waals surface area contributed by atoms with E-state index < -0.39 is 11.7 Å². The number of alkyl halides is 1. The lowest BCUT2D eigenvalue weighted by molar-refractivity contribution is -0.194. The minimum absolute atomic E-state index is 0.0820. The van der Waals surface area contributed by atoms with Crippen LogP contribution in [0.5, 0.6) is 0 Å². The van der Waals surface area contributed by atoms with Crippen LogP contribution in [0, 0.1) is 11.8 Å². The second-order valence-corrected chi connectivity index (χ2v) is 10.1. The lowest BCUT2D eigenvalue weighted by Gasteiger charge is -2.47. The molecular formula is C23H39FN2O5. The van der Waals surface area contributed by atoms with Crippen LogP contribution in [0.2, 0.25) is 0 Å². The molecule has 178 valence electrons. The number of hydrogen-bond donors (Lipinski definition) is 0. The lowest BCUT2D eigenvalue weighted by atomic mass is 9.87. The van der Waals surface area contributed by atoms with Crippen molar-refractivity contribution in [3.05, 3.63) is 0 Å². The van der Waals surface area contributed by atoms with Gasteiger partial charge in [-0.05, 0) is 66.2 Å². The Balaban J connectivity index is 1.64. The van der Waals surface area contributed by atoms with E-state index in [1.165, 1.54) is 0 Å². The second-order valence-electron chi connectivity index (χ2n) is 10.1. The largest absolute Gasteiger partial charge is 0.466 e. The summed E-state index contributed by atoms with van der Waals surface area (Å²) >= 11 is 0. The number of ether oxygens (including phenoxy) is 3. The van der Waals surface area contributed by atoms with E-state index in [9.17, 15) is 14.0 Å². The summed E-state index contributed by atoms with van der Waals surface area (Å²) in [5, 5.41) is 4.35. The smallest absolute Gasteiger partial charge is 0.337 e. The molecule has 3 fully saturated rings. The number of hydrogen-bond acceptors (Lipinski definition) is 7. The van der Waals surface area contributed by atoms with Crippen molar-refractivity contribution in [3.63, 3.8) is 0 Å². The highest BCUT2D eigenvalue weighted by Crippen LogP contribution is 2.33. The molecule has 0 aromatic rings. The van der Waals surface area contributed by atoms with Crippen LogP contribution in [0.1, 0.15) is 66.2 Å². The number of carbonyl (C=O) groups excluding carboxylic acids is 2. The molecule has 1 saturated carbocycles. The van der Waals surface area contributed by atoms with Crippen molar-refractivity contribution < 1.29 is 28.2 Å². The first kappa shape index (κ1) is 24.4. The fourth-order valence-electron chi connectivity index (χ4n) is 4.85. The van der Waals surface area contributed by atoms with Gasteiger partial charge >= 0.3 is 11.9 Å². The number of hydrazine groups is 1. The Kier molecular flexibility index (Phi) is 8.32. The summed E-state index contributed by atoms with van der Waals surface area (Å²) in [7, 11) is 0. The maximum atomic E-state index is 13.1. The summed E-state index contributed by atoms with van der Waals surface area (Å²) in [6.07, 6.45) is 3.92. The van der Waals surface area contributed by atoms with Crippen LogP contribution in [0.15, 0.2) is 0 Å². The quantitative estimate of drug-likeness (QED) is 0.535. The Morgan fingerprint density at radius 1 is 1.10 bits per heavy atom. The molecule has 0 N–H and O–H groups in total. The third-order valence-electron chi connectivity index (χ3n) is 6.41. The van der Waals surface area contributed by atoms with Crippen LogP contribution in [-0.2, 0) is 23.8 Å². The maximum Gasteiger partial charge on any atom is 0.337 e. The molecule has 0 aromatic carbocycles. The SMILES string of the molecule is CCOC(=O)C1CCC(OC(C(=O)OC(C)(C)C)[C@@H]2CCCN2N2CC(CF)C2)CC1. The Morgan fingerprint density at radius 3 is 2.35 bits per heavy atom. The van der Waals surface area contributed by atoms with Crippen molar-refractivity contribution in [1.29, 1.82) is 0 Å². The van der Waals surface area contributed by atoms with Crippen molar-refractivity contribution in [3.8, 4) is 0 Å². The van der Waals surface area contributed by atoms with Gasteiger partial charge in [-0.25, -0.2) is 14.8 Å². The number of rotatable bonds is 8. The first-order valence-corrected chi connectivity index (χ1v) is 11.8. The van der Waals surface area contributed by atoms with Crippen LogP contribution >= 0.6 is 0 Å². The average Bonchev–Trinajstić information content (AvgIpc) is 3.13. The predicted octanol–water partition coefficient (Wildman–Crippen LogP) is 3.12. The van der Waals surface area contributed by atoms with Crippen molar-refractivity contribution in [1.82, 2.24) is 10.0 Å². The molecule has 8 heteroatoms. The third-order valence-corrected chi connectivity index (χ3v) is 6.41. The highest BCUT2D eigenvalue weighted by atomic mass is 19.1. The molecule has 3 aliphatic rings. The Hall–Kier alpha value is -1.25. The number of halogens is 1. The first-order valence-electron chi connectivity index (χ1n) is 11.8. The summed E-state index contributed by atoms with van der Waals surface area (Å²) in [6, 6.07) is -0.0989. The third kappa shape index (κ3) is 6.39. The molecule has 0 spiro atoms. The molecule has 2 heterocycles. The molecule has 1 unspecified atom stereocenters. The van der Waals surface area contributed by atoms with E-state index in [4.69, 9.17) is 14.2 Å². The fourth-order valence-corrected chi connectivity index (χ4v) is 4.85. The van der Waals surface area contributed by atoms with Crippen molar-refractivity contribution >= 4 is 11.9 Å². The zero-order valence-electron chi connectivity index (χ0n) is 19.5. The molecule has 0 amide bonds. The highest BCUT2D eigenvalue weighted by molar-refractivity contribution is 5.76. The van der Waals surface area contributed by atoms with Crippen LogP contribution in [0.3, 0.4) is 0 Å². The van der Waals surface area contributed by atoms with Gasteiger partial charge in [0.2, 0.25) is 0 Å². The van der Waals surface area contributed by atoms with E-state index in [2.05, 4.69) is 10.0 Å². The first-order chi connectivity index (χ1) is 14.7. The zero-order chi connectivity index (χ0) is 22.6. The minimum atomic E-state index is -0.685. The molecule has 1 aliphatic carbocycles. The fraction of sp³-hybridized carbons (Fsp3) is 0.913. The molecule has 2 atom stereocenters.